The zero-order chi connectivity index (χ0) is 25.2. The van der Waals surface area contributed by atoms with Crippen molar-refractivity contribution in [3.8, 4) is 0 Å². The highest BCUT2D eigenvalue weighted by Crippen LogP contribution is 2.36. The molecule has 0 aromatic heterocycles. The van der Waals surface area contributed by atoms with Crippen molar-refractivity contribution in [2.24, 2.45) is 0 Å². The number of ether oxygens (including phenoxy) is 1. The summed E-state index contributed by atoms with van der Waals surface area (Å²) in [4.78, 5) is 42.7. The van der Waals surface area contributed by atoms with Gasteiger partial charge in [0.1, 0.15) is 12.3 Å². The molecule has 0 N–H and O–H groups in total. The van der Waals surface area contributed by atoms with Crippen molar-refractivity contribution in [1.29, 1.82) is 0 Å². The lowest BCUT2D eigenvalue weighted by atomic mass is 9.94. The second-order valence-corrected chi connectivity index (χ2v) is 9.94. The summed E-state index contributed by atoms with van der Waals surface area (Å²) in [5.74, 6) is -0.169. The number of carbonyl (C=O) groups excluding carboxylic acids is 2. The summed E-state index contributed by atoms with van der Waals surface area (Å²) in [5.41, 5.74) is 2.66. The Hall–Kier alpha value is -3.62. The molecule has 2 heterocycles. The van der Waals surface area contributed by atoms with E-state index >= 15 is 0 Å². The Kier molecular flexibility index (Phi) is 6.80. The van der Waals surface area contributed by atoms with Crippen LogP contribution in [0.25, 0.3) is 0 Å². The second kappa shape index (κ2) is 10.2. The second-order valence-electron chi connectivity index (χ2n) is 9.94. The first kappa shape index (κ1) is 24.1. The lowest BCUT2D eigenvalue weighted by Gasteiger charge is -2.40. The van der Waals surface area contributed by atoms with Crippen LogP contribution in [-0.4, -0.2) is 54.0 Å². The molecule has 5 rings (SSSR count). The van der Waals surface area contributed by atoms with Crippen molar-refractivity contribution >= 4 is 29.1 Å². The van der Waals surface area contributed by atoms with Crippen LogP contribution in [0.15, 0.2) is 42.5 Å². The molecule has 1 saturated carbocycles. The maximum atomic E-state index is 13.1. The lowest BCUT2D eigenvalue weighted by Crippen LogP contribution is -2.49. The third-order valence-electron chi connectivity index (χ3n) is 7.83. The van der Waals surface area contributed by atoms with Gasteiger partial charge in [0, 0.05) is 49.4 Å². The van der Waals surface area contributed by atoms with Crippen LogP contribution < -0.4 is 9.80 Å². The summed E-state index contributed by atoms with van der Waals surface area (Å²) < 4.78 is 5.38. The number of carbonyl (C=O) groups is 2. The highest BCUT2D eigenvalue weighted by atomic mass is 16.6. The molecule has 0 bridgehead atoms. The summed E-state index contributed by atoms with van der Waals surface area (Å²) in [6, 6.07) is 12.7. The largest absolute Gasteiger partial charge is 0.444 e. The highest BCUT2D eigenvalue weighted by Gasteiger charge is 2.35. The number of rotatable bonds is 5. The zero-order valence-corrected chi connectivity index (χ0v) is 20.6. The number of amides is 2. The first-order chi connectivity index (χ1) is 17.4. The Morgan fingerprint density at radius 3 is 2.47 bits per heavy atom. The molecule has 36 heavy (non-hydrogen) atoms. The van der Waals surface area contributed by atoms with Crippen LogP contribution in [0.4, 0.5) is 21.9 Å². The van der Waals surface area contributed by atoms with E-state index in [1.165, 1.54) is 12.5 Å². The smallest absolute Gasteiger partial charge is 0.414 e. The normalized spacial score (nSPS) is 19.0. The van der Waals surface area contributed by atoms with Crippen LogP contribution in [-0.2, 0) is 11.3 Å². The van der Waals surface area contributed by atoms with Crippen molar-refractivity contribution in [2.75, 3.05) is 29.9 Å². The van der Waals surface area contributed by atoms with Gasteiger partial charge in [0.15, 0.2) is 0 Å². The van der Waals surface area contributed by atoms with Gasteiger partial charge in [-0.25, -0.2) is 4.79 Å². The number of para-hydroxylation sites is 1. The van der Waals surface area contributed by atoms with Crippen LogP contribution in [0.3, 0.4) is 0 Å². The van der Waals surface area contributed by atoms with E-state index in [1.807, 2.05) is 29.2 Å². The Morgan fingerprint density at radius 1 is 1.03 bits per heavy atom. The Morgan fingerprint density at radius 2 is 1.75 bits per heavy atom. The summed E-state index contributed by atoms with van der Waals surface area (Å²) in [6.45, 7) is 1.40. The van der Waals surface area contributed by atoms with Crippen molar-refractivity contribution in [1.82, 2.24) is 4.90 Å². The topological polar surface area (TPSA) is 96.2 Å². The minimum absolute atomic E-state index is 0.0424. The van der Waals surface area contributed by atoms with Crippen LogP contribution in [0.5, 0.6) is 0 Å². The van der Waals surface area contributed by atoms with Gasteiger partial charge in [-0.15, -0.1) is 0 Å². The summed E-state index contributed by atoms with van der Waals surface area (Å²) >= 11 is 0. The molecule has 0 atom stereocenters. The quantitative estimate of drug-likeness (QED) is 0.424. The molecule has 3 aliphatic rings. The summed E-state index contributed by atoms with van der Waals surface area (Å²) in [7, 11) is 1.80. The van der Waals surface area contributed by atoms with Crippen molar-refractivity contribution in [2.45, 2.75) is 63.6 Å². The number of nitro groups is 1. The van der Waals surface area contributed by atoms with Crippen LogP contribution in [0, 0.1) is 10.1 Å². The highest BCUT2D eigenvalue weighted by molar-refractivity contribution is 5.96. The number of nitro benzene ring substituents is 1. The molecule has 1 aliphatic carbocycles. The summed E-state index contributed by atoms with van der Waals surface area (Å²) in [6.07, 6.45) is 6.34. The zero-order valence-electron chi connectivity index (χ0n) is 20.6. The fourth-order valence-corrected chi connectivity index (χ4v) is 5.79. The monoisotopic (exact) mass is 492 g/mol. The average molecular weight is 493 g/mol. The van der Waals surface area contributed by atoms with E-state index in [2.05, 4.69) is 0 Å². The van der Waals surface area contributed by atoms with E-state index in [0.717, 1.165) is 36.9 Å². The van der Waals surface area contributed by atoms with Gasteiger partial charge >= 0.3 is 6.09 Å². The average Bonchev–Trinajstić information content (AvgIpc) is 2.92. The third-order valence-corrected chi connectivity index (χ3v) is 7.83. The molecule has 2 aliphatic heterocycles. The van der Waals surface area contributed by atoms with Gasteiger partial charge in [0.05, 0.1) is 10.6 Å². The number of anilines is 2. The molecular formula is C27H32N4O5. The molecule has 0 spiro atoms. The van der Waals surface area contributed by atoms with Gasteiger partial charge in [-0.3, -0.25) is 19.8 Å². The van der Waals surface area contributed by atoms with E-state index < -0.39 is 4.92 Å². The minimum atomic E-state index is -0.406. The van der Waals surface area contributed by atoms with Crippen molar-refractivity contribution < 1.29 is 19.2 Å². The predicted molar refractivity (Wildman–Crippen MR) is 136 cm³/mol. The van der Waals surface area contributed by atoms with Gasteiger partial charge < -0.3 is 14.5 Å². The third kappa shape index (κ3) is 4.62. The first-order valence-corrected chi connectivity index (χ1v) is 12.8. The Labute approximate surface area is 210 Å². The lowest BCUT2D eigenvalue weighted by molar-refractivity contribution is -0.384. The van der Waals surface area contributed by atoms with Crippen molar-refractivity contribution in [3.05, 3.63) is 63.7 Å². The fraction of sp³-hybridized carbons (Fsp3) is 0.481. The number of cyclic esters (lactones) is 1. The summed E-state index contributed by atoms with van der Waals surface area (Å²) in [5, 5.41) is 12.0. The standard InChI is InChI=1S/C27H32N4O5/c1-28(21-8-3-2-4-9-21)26(32)19-11-12-24(25(17-19)31(34)35)29-15-13-22(14-16-29)30-23-10-6-5-7-20(23)18-36-27(30)33/h5-7,10-12,17,21-22H,2-4,8-9,13-16,18H2,1H3. The number of nitrogens with zero attached hydrogens (tertiary/aromatic N) is 4. The molecular weight excluding hydrogens is 460 g/mol. The minimum Gasteiger partial charge on any atom is -0.444 e. The first-order valence-electron chi connectivity index (χ1n) is 12.8. The van der Waals surface area contributed by atoms with Gasteiger partial charge in [0.2, 0.25) is 0 Å². The van der Waals surface area contributed by atoms with E-state index in [0.29, 0.717) is 37.2 Å². The number of benzene rings is 2. The molecule has 2 aromatic rings. The van der Waals surface area contributed by atoms with Crippen LogP contribution >= 0.6 is 0 Å². The molecule has 9 heteroatoms. The molecule has 0 unspecified atom stereocenters. The van der Waals surface area contributed by atoms with E-state index in [9.17, 15) is 19.7 Å². The Balaban J connectivity index is 1.31. The maximum Gasteiger partial charge on any atom is 0.414 e. The molecule has 9 nitrogen and oxygen atoms in total. The maximum absolute atomic E-state index is 13.1. The van der Waals surface area contributed by atoms with Gasteiger partial charge in [-0.05, 0) is 43.9 Å². The number of piperidine rings is 1. The van der Waals surface area contributed by atoms with Gasteiger partial charge in [-0.1, -0.05) is 37.5 Å². The molecule has 190 valence electrons. The number of fused-ring (bicyclic) bond motifs is 1. The molecule has 2 aromatic carbocycles. The molecule has 0 radical (unpaired) electrons. The number of hydrogen-bond donors (Lipinski definition) is 0. The SMILES string of the molecule is CN(C(=O)c1ccc(N2CCC(N3C(=O)OCc4ccccc43)CC2)c([N+](=O)[O-])c1)C1CCCCC1. The molecule has 2 amide bonds. The number of hydrogen-bond acceptors (Lipinski definition) is 6. The van der Waals surface area contributed by atoms with E-state index in [4.69, 9.17) is 4.74 Å². The molecule has 2 fully saturated rings. The van der Waals surface area contributed by atoms with Crippen LogP contribution in [0.2, 0.25) is 0 Å². The molecule has 1 saturated heterocycles. The van der Waals surface area contributed by atoms with Gasteiger partial charge in [0.25, 0.3) is 11.6 Å². The predicted octanol–water partition coefficient (Wildman–Crippen LogP) is 5.13. The van der Waals surface area contributed by atoms with Crippen LogP contribution in [0.1, 0.15) is 60.9 Å². The Bertz CT molecular complexity index is 1150. The van der Waals surface area contributed by atoms with E-state index in [1.54, 1.807) is 29.0 Å². The van der Waals surface area contributed by atoms with Gasteiger partial charge in [-0.2, -0.15) is 0 Å². The van der Waals surface area contributed by atoms with Crippen molar-refractivity contribution in [3.63, 3.8) is 0 Å². The fourth-order valence-electron chi connectivity index (χ4n) is 5.79. The van der Waals surface area contributed by atoms with E-state index in [-0.39, 0.29) is 36.4 Å².